The normalized spacial score (nSPS) is 11.3. The van der Waals surface area contributed by atoms with Crippen molar-refractivity contribution in [2.75, 3.05) is 12.0 Å². The van der Waals surface area contributed by atoms with Gasteiger partial charge in [-0.15, -0.1) is 12.6 Å². The summed E-state index contributed by atoms with van der Waals surface area (Å²) in [4.78, 5) is 16.1. The summed E-state index contributed by atoms with van der Waals surface area (Å²) in [7, 11) is 1.41. The molecule has 1 amide bonds. The summed E-state index contributed by atoms with van der Waals surface area (Å²) < 4.78 is 43.9. The van der Waals surface area contributed by atoms with Gasteiger partial charge in [-0.25, -0.2) is 4.98 Å². The lowest BCUT2D eigenvalue weighted by Gasteiger charge is -2.22. The molecule has 1 heterocycles. The Morgan fingerprint density at radius 1 is 1.41 bits per heavy atom. The van der Waals surface area contributed by atoms with Crippen LogP contribution in [0.3, 0.4) is 0 Å². The van der Waals surface area contributed by atoms with Crippen LogP contribution in [0.5, 0.6) is 5.75 Å². The highest BCUT2D eigenvalue weighted by molar-refractivity contribution is 7.83. The van der Waals surface area contributed by atoms with Gasteiger partial charge in [0.25, 0.3) is 0 Å². The largest absolute Gasteiger partial charge is 0.496 e. The first-order chi connectivity index (χ1) is 10.3. The van der Waals surface area contributed by atoms with Gasteiger partial charge in [0.05, 0.1) is 24.1 Å². The van der Waals surface area contributed by atoms with Gasteiger partial charge in [-0.1, -0.05) is 29.5 Å². The predicted molar refractivity (Wildman–Crippen MR) is 79.6 cm³/mol. The maximum atomic E-state index is 12.8. The third-order valence-electron chi connectivity index (χ3n) is 2.72. The summed E-state index contributed by atoms with van der Waals surface area (Å²) in [6.45, 7) is -0.302. The number of rotatable bonds is 4. The van der Waals surface area contributed by atoms with E-state index in [4.69, 9.17) is 4.74 Å². The van der Waals surface area contributed by atoms with Gasteiger partial charge in [0.15, 0.2) is 5.13 Å². The average Bonchev–Trinajstić information content (AvgIpc) is 2.89. The second kappa shape index (κ2) is 6.57. The maximum absolute atomic E-state index is 12.8. The lowest BCUT2D eigenvalue weighted by Crippen LogP contribution is -2.40. The number of hydrogen-bond donors (Lipinski definition) is 1. The van der Waals surface area contributed by atoms with E-state index < -0.39 is 12.1 Å². The van der Waals surface area contributed by atoms with Crippen LogP contribution in [0, 0.1) is 0 Å². The van der Waals surface area contributed by atoms with Crippen LogP contribution >= 0.6 is 24.0 Å². The van der Waals surface area contributed by atoms with E-state index in [2.05, 4.69) is 17.6 Å². The Morgan fingerprint density at radius 3 is 2.64 bits per heavy atom. The SMILES string of the molecule is COc1ccccc1CN(C(=O)C(F)(F)F)c1ncc(S)s1. The second-order valence-electron chi connectivity index (χ2n) is 4.18. The zero-order valence-corrected chi connectivity index (χ0v) is 13.0. The number of methoxy groups -OCH3 is 1. The molecule has 0 saturated carbocycles. The molecule has 0 aliphatic rings. The number of carbonyl (C=O) groups is 1. The van der Waals surface area contributed by atoms with Crippen LogP contribution in [0.2, 0.25) is 0 Å². The molecule has 1 aromatic heterocycles. The third-order valence-corrected chi connectivity index (χ3v) is 3.93. The molecule has 0 unspecified atom stereocenters. The summed E-state index contributed by atoms with van der Waals surface area (Å²) in [5, 5.41) is -0.0711. The molecule has 9 heteroatoms. The van der Waals surface area contributed by atoms with Gasteiger partial charge in [0, 0.05) is 5.56 Å². The van der Waals surface area contributed by atoms with Crippen molar-refractivity contribution in [3.8, 4) is 5.75 Å². The lowest BCUT2D eigenvalue weighted by molar-refractivity contribution is -0.170. The highest BCUT2D eigenvalue weighted by Crippen LogP contribution is 2.31. The van der Waals surface area contributed by atoms with E-state index in [1.54, 1.807) is 24.3 Å². The van der Waals surface area contributed by atoms with Crippen LogP contribution in [-0.4, -0.2) is 24.2 Å². The fraction of sp³-hybridized carbons (Fsp3) is 0.231. The van der Waals surface area contributed by atoms with Crippen LogP contribution in [0.4, 0.5) is 18.3 Å². The molecule has 0 atom stereocenters. The van der Waals surface area contributed by atoms with Crippen molar-refractivity contribution >= 4 is 35.0 Å². The van der Waals surface area contributed by atoms with Crippen molar-refractivity contribution in [1.29, 1.82) is 0 Å². The third kappa shape index (κ3) is 3.72. The lowest BCUT2D eigenvalue weighted by atomic mass is 10.2. The number of thiazole rings is 1. The number of halogens is 3. The standard InChI is InChI=1S/C13H11F3N2O2S2/c1-20-9-5-3-2-4-8(9)7-18(11(19)13(14,15)16)12-17-6-10(21)22-12/h2-6,21H,7H2,1H3. The van der Waals surface area contributed by atoms with Crippen molar-refractivity contribution in [2.24, 2.45) is 0 Å². The fourth-order valence-electron chi connectivity index (χ4n) is 1.76. The Hall–Kier alpha value is -1.74. The molecule has 0 N–H and O–H groups in total. The quantitative estimate of drug-likeness (QED) is 0.860. The number of thiol groups is 1. The number of ether oxygens (including phenoxy) is 1. The van der Waals surface area contributed by atoms with Crippen LogP contribution in [0.15, 0.2) is 34.7 Å². The number of hydrogen-bond acceptors (Lipinski definition) is 5. The molecular formula is C13H11F3N2O2S2. The zero-order valence-electron chi connectivity index (χ0n) is 11.3. The maximum Gasteiger partial charge on any atom is 0.471 e. The Labute approximate surface area is 133 Å². The van der Waals surface area contributed by atoms with Crippen molar-refractivity contribution in [3.63, 3.8) is 0 Å². The van der Waals surface area contributed by atoms with Crippen LogP contribution in [0.25, 0.3) is 0 Å². The molecule has 0 bridgehead atoms. The number of carbonyl (C=O) groups excluding carboxylic acids is 1. The molecule has 1 aromatic carbocycles. The molecule has 0 aliphatic carbocycles. The van der Waals surface area contributed by atoms with E-state index in [1.807, 2.05) is 0 Å². The van der Waals surface area contributed by atoms with Crippen molar-refractivity contribution < 1.29 is 22.7 Å². The Morgan fingerprint density at radius 2 is 2.09 bits per heavy atom. The van der Waals surface area contributed by atoms with Crippen LogP contribution in [-0.2, 0) is 11.3 Å². The number of para-hydroxylation sites is 1. The van der Waals surface area contributed by atoms with E-state index in [0.29, 0.717) is 20.4 Å². The van der Waals surface area contributed by atoms with Gasteiger partial charge < -0.3 is 4.74 Å². The second-order valence-corrected chi connectivity index (χ2v) is 5.98. The highest BCUT2D eigenvalue weighted by atomic mass is 32.2. The molecule has 0 fully saturated rings. The smallest absolute Gasteiger partial charge is 0.471 e. The van der Waals surface area contributed by atoms with E-state index >= 15 is 0 Å². The highest BCUT2D eigenvalue weighted by Gasteiger charge is 2.44. The predicted octanol–water partition coefficient (Wildman–Crippen LogP) is 3.54. The van der Waals surface area contributed by atoms with E-state index in [-0.39, 0.29) is 11.7 Å². The zero-order chi connectivity index (χ0) is 16.3. The van der Waals surface area contributed by atoms with E-state index in [1.165, 1.54) is 13.3 Å². The number of alkyl halides is 3. The molecule has 0 aliphatic heterocycles. The van der Waals surface area contributed by atoms with Crippen molar-refractivity contribution in [3.05, 3.63) is 36.0 Å². The van der Waals surface area contributed by atoms with E-state index in [0.717, 1.165) is 11.3 Å². The first-order valence-corrected chi connectivity index (χ1v) is 7.24. The molecule has 118 valence electrons. The molecule has 4 nitrogen and oxygen atoms in total. The Bertz CT molecular complexity index is 673. The van der Waals surface area contributed by atoms with Crippen molar-refractivity contribution in [1.82, 2.24) is 4.98 Å². The first kappa shape index (κ1) is 16.6. The minimum absolute atomic E-state index is 0.0711. The summed E-state index contributed by atoms with van der Waals surface area (Å²) in [6.07, 6.45) is -3.70. The molecule has 22 heavy (non-hydrogen) atoms. The first-order valence-electron chi connectivity index (χ1n) is 5.98. The Balaban J connectivity index is 2.39. The average molecular weight is 348 g/mol. The molecule has 0 spiro atoms. The topological polar surface area (TPSA) is 42.4 Å². The summed E-state index contributed by atoms with van der Waals surface area (Å²) >= 11 is 4.91. The number of anilines is 1. The molecule has 2 rings (SSSR count). The number of nitrogens with zero attached hydrogens (tertiary/aromatic N) is 2. The molecule has 0 saturated heterocycles. The van der Waals surface area contributed by atoms with Gasteiger partial charge in [-0.05, 0) is 6.07 Å². The summed E-state index contributed by atoms with van der Waals surface area (Å²) in [5.74, 6) is -1.59. The van der Waals surface area contributed by atoms with Crippen molar-refractivity contribution in [2.45, 2.75) is 16.9 Å². The monoisotopic (exact) mass is 348 g/mol. The minimum Gasteiger partial charge on any atom is -0.496 e. The molecule has 0 radical (unpaired) electrons. The van der Waals surface area contributed by atoms with Crippen LogP contribution in [0.1, 0.15) is 5.56 Å². The summed E-state index contributed by atoms with van der Waals surface area (Å²) in [5.41, 5.74) is 0.443. The number of benzene rings is 1. The fourth-order valence-corrected chi connectivity index (χ4v) is 2.72. The van der Waals surface area contributed by atoms with E-state index in [9.17, 15) is 18.0 Å². The van der Waals surface area contributed by atoms with Gasteiger partial charge in [-0.3, -0.25) is 9.69 Å². The summed E-state index contributed by atoms with van der Waals surface area (Å²) in [6, 6.07) is 6.54. The van der Waals surface area contributed by atoms with Gasteiger partial charge in [0.2, 0.25) is 0 Å². The van der Waals surface area contributed by atoms with Gasteiger partial charge in [-0.2, -0.15) is 13.2 Å². The van der Waals surface area contributed by atoms with Crippen LogP contribution < -0.4 is 9.64 Å². The van der Waals surface area contributed by atoms with Gasteiger partial charge in [0.1, 0.15) is 5.75 Å². The minimum atomic E-state index is -5.00. The molecule has 2 aromatic rings. The molecular weight excluding hydrogens is 337 g/mol. The Kier molecular flexibility index (Phi) is 4.97. The van der Waals surface area contributed by atoms with Gasteiger partial charge >= 0.3 is 12.1 Å². The number of amides is 1. The number of aromatic nitrogens is 1.